The first-order chi connectivity index (χ1) is 30.1. The molecular formula is C57H37N3O. The van der Waals surface area contributed by atoms with Gasteiger partial charge in [-0.25, -0.2) is 15.0 Å². The largest absolute Gasteiger partial charge is 0.507 e. The van der Waals surface area contributed by atoms with Crippen molar-refractivity contribution in [1.82, 2.24) is 15.0 Å². The zero-order valence-electron chi connectivity index (χ0n) is 33.1. The van der Waals surface area contributed by atoms with E-state index in [-0.39, 0.29) is 5.75 Å². The van der Waals surface area contributed by atoms with E-state index < -0.39 is 0 Å². The SMILES string of the molecule is Oc1cc(-c2cc(-c3ccccc3)c3ccccc3c2)cc(-c2nc(-c3ccc(-c4cccc5ccccc45)cc3)nc(-c3ccc4ccccc4c3)n2)c1-c1ccccc1. The van der Waals surface area contributed by atoms with E-state index in [0.717, 1.165) is 66.1 Å². The van der Waals surface area contributed by atoms with Gasteiger partial charge in [0.1, 0.15) is 5.75 Å². The van der Waals surface area contributed by atoms with Crippen molar-refractivity contribution in [3.05, 3.63) is 218 Å². The quantitative estimate of drug-likeness (QED) is 0.175. The lowest BCUT2D eigenvalue weighted by atomic mass is 9.90. The summed E-state index contributed by atoms with van der Waals surface area (Å²) in [7, 11) is 0. The maximum Gasteiger partial charge on any atom is 0.164 e. The molecule has 11 aromatic rings. The molecule has 4 heteroatoms. The molecule has 0 saturated carbocycles. The number of aromatic hydroxyl groups is 1. The van der Waals surface area contributed by atoms with Crippen LogP contribution in [0.5, 0.6) is 5.75 Å². The number of benzene rings is 10. The molecule has 11 rings (SSSR count). The number of phenols is 1. The molecule has 0 aliphatic rings. The second kappa shape index (κ2) is 15.2. The van der Waals surface area contributed by atoms with Gasteiger partial charge in [0.2, 0.25) is 0 Å². The van der Waals surface area contributed by atoms with Gasteiger partial charge in [-0.1, -0.05) is 188 Å². The minimum Gasteiger partial charge on any atom is -0.507 e. The Hall–Kier alpha value is -8.21. The second-order valence-electron chi connectivity index (χ2n) is 15.4. The van der Waals surface area contributed by atoms with E-state index in [1.807, 2.05) is 54.6 Å². The summed E-state index contributed by atoms with van der Waals surface area (Å²) in [5.74, 6) is 1.69. The van der Waals surface area contributed by atoms with E-state index >= 15 is 0 Å². The molecule has 0 radical (unpaired) electrons. The van der Waals surface area contributed by atoms with Crippen LogP contribution in [0.25, 0.3) is 111 Å². The fourth-order valence-corrected chi connectivity index (χ4v) is 8.57. The predicted octanol–water partition coefficient (Wildman–Crippen LogP) is 14.7. The highest BCUT2D eigenvalue weighted by Gasteiger charge is 2.21. The van der Waals surface area contributed by atoms with Crippen LogP contribution in [0.1, 0.15) is 0 Å². The molecule has 0 spiro atoms. The highest BCUT2D eigenvalue weighted by atomic mass is 16.3. The van der Waals surface area contributed by atoms with E-state index in [9.17, 15) is 5.11 Å². The maximum absolute atomic E-state index is 12.2. The average molecular weight is 780 g/mol. The molecule has 0 atom stereocenters. The third-order valence-electron chi connectivity index (χ3n) is 11.6. The highest BCUT2D eigenvalue weighted by molar-refractivity contribution is 6.01. The zero-order valence-corrected chi connectivity index (χ0v) is 33.1. The Kier molecular flexibility index (Phi) is 8.94. The molecule has 0 saturated heterocycles. The number of aromatic nitrogens is 3. The second-order valence-corrected chi connectivity index (χ2v) is 15.4. The standard InChI is InChI=1S/C57H37N3O/c61-53-36-47(46-33-44-21-10-12-24-50(44)51(34-46)39-15-3-1-4-16-39)35-52(54(53)41-18-5-2-6-19-41)57-59-55(58-56(60-57)45-31-26-37-14-7-8-20-43(37)32-45)42-29-27-40(28-30-42)49-25-13-22-38-17-9-11-23-48(38)49/h1-36,61H. The lowest BCUT2D eigenvalue weighted by Crippen LogP contribution is -2.02. The number of hydrogen-bond donors (Lipinski definition) is 1. The molecule has 0 unspecified atom stereocenters. The Balaban J connectivity index is 1.13. The van der Waals surface area contributed by atoms with Gasteiger partial charge in [0.15, 0.2) is 17.5 Å². The van der Waals surface area contributed by atoms with Gasteiger partial charge < -0.3 is 5.11 Å². The lowest BCUT2D eigenvalue weighted by Gasteiger charge is -2.17. The third-order valence-corrected chi connectivity index (χ3v) is 11.6. The maximum atomic E-state index is 12.2. The molecule has 1 heterocycles. The van der Waals surface area contributed by atoms with Crippen LogP contribution in [-0.4, -0.2) is 20.1 Å². The van der Waals surface area contributed by atoms with Crippen molar-refractivity contribution in [1.29, 1.82) is 0 Å². The smallest absolute Gasteiger partial charge is 0.164 e. The predicted molar refractivity (Wildman–Crippen MR) is 252 cm³/mol. The van der Waals surface area contributed by atoms with E-state index in [1.165, 1.54) is 16.3 Å². The summed E-state index contributed by atoms with van der Waals surface area (Å²) in [6.45, 7) is 0. The molecule has 4 nitrogen and oxygen atoms in total. The molecule has 1 N–H and O–H groups in total. The van der Waals surface area contributed by atoms with Crippen LogP contribution in [0, 0.1) is 0 Å². The molecule has 0 amide bonds. The van der Waals surface area contributed by atoms with Crippen molar-refractivity contribution < 1.29 is 5.11 Å². The summed E-state index contributed by atoms with van der Waals surface area (Å²) < 4.78 is 0. The van der Waals surface area contributed by atoms with Gasteiger partial charge in [-0.15, -0.1) is 0 Å². The van der Waals surface area contributed by atoms with Crippen molar-refractivity contribution in [2.24, 2.45) is 0 Å². The Morgan fingerprint density at radius 1 is 0.262 bits per heavy atom. The van der Waals surface area contributed by atoms with Crippen molar-refractivity contribution in [2.75, 3.05) is 0 Å². The van der Waals surface area contributed by atoms with Crippen molar-refractivity contribution in [2.45, 2.75) is 0 Å². The van der Waals surface area contributed by atoms with E-state index in [2.05, 4.69) is 164 Å². The van der Waals surface area contributed by atoms with E-state index in [0.29, 0.717) is 28.6 Å². The molecule has 10 aromatic carbocycles. The van der Waals surface area contributed by atoms with Gasteiger partial charge in [0.05, 0.1) is 0 Å². The van der Waals surface area contributed by atoms with Crippen LogP contribution in [0.15, 0.2) is 218 Å². The summed E-state index contributed by atoms with van der Waals surface area (Å²) in [4.78, 5) is 15.7. The Morgan fingerprint density at radius 2 is 0.754 bits per heavy atom. The topological polar surface area (TPSA) is 58.9 Å². The summed E-state index contributed by atoms with van der Waals surface area (Å²) in [6.07, 6.45) is 0. The van der Waals surface area contributed by atoms with Crippen LogP contribution < -0.4 is 0 Å². The van der Waals surface area contributed by atoms with E-state index in [1.54, 1.807) is 0 Å². The van der Waals surface area contributed by atoms with Gasteiger partial charge in [-0.3, -0.25) is 0 Å². The van der Waals surface area contributed by atoms with Crippen molar-refractivity contribution in [3.8, 4) is 84.4 Å². The fraction of sp³-hybridized carbons (Fsp3) is 0. The highest BCUT2D eigenvalue weighted by Crippen LogP contribution is 2.44. The first kappa shape index (κ1) is 35.9. The number of phenolic OH excluding ortho intramolecular Hbond substituents is 1. The van der Waals surface area contributed by atoms with Crippen molar-refractivity contribution in [3.63, 3.8) is 0 Å². The third kappa shape index (κ3) is 6.76. The Bertz CT molecular complexity index is 3410. The lowest BCUT2D eigenvalue weighted by molar-refractivity contribution is 0.477. The summed E-state index contributed by atoms with van der Waals surface area (Å²) >= 11 is 0. The van der Waals surface area contributed by atoms with Crippen LogP contribution in [0.4, 0.5) is 0 Å². The molecule has 61 heavy (non-hydrogen) atoms. The number of hydrogen-bond acceptors (Lipinski definition) is 4. The van der Waals surface area contributed by atoms with Gasteiger partial charge in [0, 0.05) is 22.3 Å². The first-order valence-corrected chi connectivity index (χ1v) is 20.5. The summed E-state index contributed by atoms with van der Waals surface area (Å²) in [5, 5.41) is 19.1. The molecule has 0 fully saturated rings. The molecule has 286 valence electrons. The molecule has 0 aliphatic heterocycles. The zero-order chi connectivity index (χ0) is 40.7. The summed E-state index contributed by atoms with van der Waals surface area (Å²) in [5.41, 5.74) is 10.3. The van der Waals surface area contributed by atoms with Crippen LogP contribution in [0.3, 0.4) is 0 Å². The first-order valence-electron chi connectivity index (χ1n) is 20.5. The normalized spacial score (nSPS) is 11.3. The van der Waals surface area contributed by atoms with Gasteiger partial charge in [-0.2, -0.15) is 0 Å². The Morgan fingerprint density at radius 3 is 1.51 bits per heavy atom. The minimum atomic E-state index is 0.141. The fourth-order valence-electron chi connectivity index (χ4n) is 8.57. The minimum absolute atomic E-state index is 0.141. The van der Waals surface area contributed by atoms with Gasteiger partial charge in [-0.05, 0) is 102 Å². The summed E-state index contributed by atoms with van der Waals surface area (Å²) in [6, 6.07) is 75.3. The van der Waals surface area contributed by atoms with Crippen LogP contribution in [-0.2, 0) is 0 Å². The average Bonchev–Trinajstić information content (AvgIpc) is 3.33. The van der Waals surface area contributed by atoms with Gasteiger partial charge in [0.25, 0.3) is 0 Å². The van der Waals surface area contributed by atoms with Crippen LogP contribution >= 0.6 is 0 Å². The monoisotopic (exact) mass is 779 g/mol. The molecule has 0 aliphatic carbocycles. The van der Waals surface area contributed by atoms with E-state index in [4.69, 9.17) is 15.0 Å². The number of rotatable bonds is 7. The van der Waals surface area contributed by atoms with Crippen LogP contribution in [0.2, 0.25) is 0 Å². The van der Waals surface area contributed by atoms with Gasteiger partial charge >= 0.3 is 0 Å². The number of nitrogens with zero attached hydrogens (tertiary/aromatic N) is 3. The Labute approximate surface area is 353 Å². The molecular weight excluding hydrogens is 743 g/mol. The number of fused-ring (bicyclic) bond motifs is 3. The van der Waals surface area contributed by atoms with Crippen molar-refractivity contribution >= 4 is 32.3 Å². The molecule has 0 bridgehead atoms. The molecule has 1 aromatic heterocycles.